The van der Waals surface area contributed by atoms with E-state index in [1.165, 1.54) is 12.1 Å². The molecule has 3 rings (SSSR count). The van der Waals surface area contributed by atoms with E-state index in [0.29, 0.717) is 12.8 Å². The van der Waals surface area contributed by atoms with Crippen molar-refractivity contribution in [2.24, 2.45) is 22.5 Å². The second-order valence-electron chi connectivity index (χ2n) is 7.44. The van der Waals surface area contributed by atoms with Crippen molar-refractivity contribution in [1.29, 1.82) is 0 Å². The van der Waals surface area contributed by atoms with Crippen molar-refractivity contribution in [3.63, 3.8) is 0 Å². The van der Waals surface area contributed by atoms with Crippen LogP contribution in [0.25, 0.3) is 0 Å². The third-order valence-electron chi connectivity index (χ3n) is 6.03. The number of primary amides is 1. The first-order valence-corrected chi connectivity index (χ1v) is 9.67. The molecule has 1 aromatic rings. The smallest absolute Gasteiger partial charge is 0.250 e. The molecule has 1 amide bonds. The van der Waals surface area contributed by atoms with E-state index in [-0.39, 0.29) is 34.1 Å². The summed E-state index contributed by atoms with van der Waals surface area (Å²) < 4.78 is 27.9. The van der Waals surface area contributed by atoms with Crippen LogP contribution < -0.4 is 10.5 Å². The molecular formula is C17H22N2O4S. The maximum absolute atomic E-state index is 12.7. The summed E-state index contributed by atoms with van der Waals surface area (Å²) in [5.41, 5.74) is 4.38. The Morgan fingerprint density at radius 1 is 1.33 bits per heavy atom. The van der Waals surface area contributed by atoms with Crippen LogP contribution in [0.5, 0.6) is 0 Å². The molecule has 2 atom stereocenters. The van der Waals surface area contributed by atoms with Gasteiger partial charge in [-0.05, 0) is 36.3 Å². The fourth-order valence-electron chi connectivity index (χ4n) is 4.42. The van der Waals surface area contributed by atoms with Crippen LogP contribution in [0.2, 0.25) is 0 Å². The van der Waals surface area contributed by atoms with Gasteiger partial charge in [0.2, 0.25) is 10.0 Å². The molecule has 0 heterocycles. The standard InChI is InChI=1S/C17H22N2O4S/c1-16(2)11-7-8-17(16,14(20)9-11)10-24(22,23)19-13-6-4-3-5-12(13)15(18)21/h3-6,11,19H,7-10H2,1-2H3,(H2,18,21)/t11-,17-/m0/s1. The van der Waals surface area contributed by atoms with Gasteiger partial charge in [-0.15, -0.1) is 0 Å². The van der Waals surface area contributed by atoms with Crippen LogP contribution in [0.1, 0.15) is 43.5 Å². The quantitative estimate of drug-likeness (QED) is 0.846. The number of anilines is 1. The summed E-state index contributed by atoms with van der Waals surface area (Å²) in [6.07, 6.45) is 1.94. The minimum atomic E-state index is -3.80. The molecule has 2 saturated carbocycles. The number of benzene rings is 1. The number of carbonyl (C=O) groups excluding carboxylic acids is 2. The summed E-state index contributed by atoms with van der Waals surface area (Å²) in [5, 5.41) is 0. The number of ketones is 1. The van der Waals surface area contributed by atoms with Gasteiger partial charge in [0.15, 0.2) is 0 Å². The predicted octanol–water partition coefficient (Wildman–Crippen LogP) is 1.92. The molecule has 0 radical (unpaired) electrons. The molecule has 2 aliphatic carbocycles. The van der Waals surface area contributed by atoms with Gasteiger partial charge in [0.25, 0.3) is 5.91 Å². The Balaban J connectivity index is 1.91. The summed E-state index contributed by atoms with van der Waals surface area (Å²) in [6, 6.07) is 6.20. The number of nitrogens with two attached hydrogens (primary N) is 1. The highest BCUT2D eigenvalue weighted by molar-refractivity contribution is 7.92. The fraction of sp³-hybridized carbons (Fsp3) is 0.529. The minimum absolute atomic E-state index is 0.0392. The van der Waals surface area contributed by atoms with E-state index in [1.54, 1.807) is 12.1 Å². The normalized spacial score (nSPS) is 28.1. The molecule has 7 heteroatoms. The number of Topliss-reactive ketones (excluding diaryl/α,β-unsaturated/α-hetero) is 1. The molecule has 0 saturated heterocycles. The van der Waals surface area contributed by atoms with Crippen molar-refractivity contribution in [2.75, 3.05) is 10.5 Å². The van der Waals surface area contributed by atoms with Crippen LogP contribution in [0.3, 0.4) is 0 Å². The maximum atomic E-state index is 12.7. The lowest BCUT2D eigenvalue weighted by molar-refractivity contribution is -0.128. The summed E-state index contributed by atoms with van der Waals surface area (Å²) in [5.74, 6) is -0.671. The van der Waals surface area contributed by atoms with Gasteiger partial charge in [-0.1, -0.05) is 26.0 Å². The zero-order chi connectivity index (χ0) is 17.8. The van der Waals surface area contributed by atoms with Crippen LogP contribution in [0, 0.1) is 16.7 Å². The largest absolute Gasteiger partial charge is 0.366 e. The third-order valence-corrected chi connectivity index (χ3v) is 7.44. The molecule has 130 valence electrons. The Morgan fingerprint density at radius 2 is 2.00 bits per heavy atom. The molecule has 2 bridgehead atoms. The Kier molecular flexibility index (Phi) is 3.75. The van der Waals surface area contributed by atoms with Gasteiger partial charge in [0.05, 0.1) is 22.4 Å². The van der Waals surface area contributed by atoms with Gasteiger partial charge < -0.3 is 5.73 Å². The highest BCUT2D eigenvalue weighted by atomic mass is 32.2. The summed E-state index contributed by atoms with van der Waals surface area (Å²) in [4.78, 5) is 24.0. The van der Waals surface area contributed by atoms with Crippen LogP contribution in [-0.4, -0.2) is 25.9 Å². The molecule has 0 unspecified atom stereocenters. The van der Waals surface area contributed by atoms with E-state index in [9.17, 15) is 18.0 Å². The van der Waals surface area contributed by atoms with Crippen LogP contribution in [0.15, 0.2) is 24.3 Å². The second kappa shape index (κ2) is 5.31. The Bertz CT molecular complexity index is 816. The molecule has 0 aliphatic heterocycles. The van der Waals surface area contributed by atoms with Crippen molar-refractivity contribution >= 4 is 27.4 Å². The zero-order valence-corrected chi connectivity index (χ0v) is 14.7. The number of hydrogen-bond acceptors (Lipinski definition) is 4. The monoisotopic (exact) mass is 350 g/mol. The molecule has 2 aliphatic rings. The van der Waals surface area contributed by atoms with E-state index in [1.807, 2.05) is 13.8 Å². The fourth-order valence-corrected chi connectivity index (χ4v) is 6.33. The number of nitrogens with one attached hydrogen (secondary N) is 1. The Labute approximate surface area is 141 Å². The number of rotatable bonds is 5. The molecular weight excluding hydrogens is 328 g/mol. The number of amides is 1. The lowest BCUT2D eigenvalue weighted by Crippen LogP contribution is -2.43. The molecule has 6 nitrogen and oxygen atoms in total. The van der Waals surface area contributed by atoms with Gasteiger partial charge in [0.1, 0.15) is 5.78 Å². The maximum Gasteiger partial charge on any atom is 0.250 e. The number of hydrogen-bond donors (Lipinski definition) is 2. The van der Waals surface area contributed by atoms with Crippen molar-refractivity contribution in [3.05, 3.63) is 29.8 Å². The van der Waals surface area contributed by atoms with Crippen molar-refractivity contribution in [2.45, 2.75) is 33.1 Å². The molecule has 0 aromatic heterocycles. The van der Waals surface area contributed by atoms with E-state index in [4.69, 9.17) is 5.73 Å². The van der Waals surface area contributed by atoms with Crippen molar-refractivity contribution in [1.82, 2.24) is 0 Å². The lowest BCUT2D eigenvalue weighted by atomic mass is 9.70. The van der Waals surface area contributed by atoms with E-state index >= 15 is 0 Å². The average Bonchev–Trinajstić information content (AvgIpc) is 2.80. The van der Waals surface area contributed by atoms with Crippen LogP contribution in [0.4, 0.5) is 5.69 Å². The topological polar surface area (TPSA) is 106 Å². The highest BCUT2D eigenvalue weighted by Crippen LogP contribution is 2.64. The number of para-hydroxylation sites is 1. The lowest BCUT2D eigenvalue weighted by Gasteiger charge is -2.36. The van der Waals surface area contributed by atoms with Gasteiger partial charge in [-0.3, -0.25) is 14.3 Å². The summed E-state index contributed by atoms with van der Waals surface area (Å²) in [6.45, 7) is 3.98. The van der Waals surface area contributed by atoms with Gasteiger partial charge in [0, 0.05) is 6.42 Å². The van der Waals surface area contributed by atoms with Gasteiger partial charge in [-0.2, -0.15) is 0 Å². The second-order valence-corrected chi connectivity index (χ2v) is 9.16. The molecule has 2 fully saturated rings. The first kappa shape index (κ1) is 17.0. The molecule has 24 heavy (non-hydrogen) atoms. The van der Waals surface area contributed by atoms with E-state index < -0.39 is 21.3 Å². The van der Waals surface area contributed by atoms with Crippen molar-refractivity contribution < 1.29 is 18.0 Å². The van der Waals surface area contributed by atoms with E-state index in [0.717, 1.165) is 6.42 Å². The molecule has 1 aromatic carbocycles. The first-order chi connectivity index (χ1) is 11.1. The number of sulfonamides is 1. The summed E-state index contributed by atoms with van der Waals surface area (Å²) >= 11 is 0. The first-order valence-electron chi connectivity index (χ1n) is 8.02. The predicted molar refractivity (Wildman–Crippen MR) is 90.9 cm³/mol. The minimum Gasteiger partial charge on any atom is -0.366 e. The van der Waals surface area contributed by atoms with Gasteiger partial charge >= 0.3 is 0 Å². The summed E-state index contributed by atoms with van der Waals surface area (Å²) in [7, 11) is -3.80. The number of fused-ring (bicyclic) bond motifs is 2. The molecule has 3 N–H and O–H groups in total. The highest BCUT2D eigenvalue weighted by Gasteiger charge is 2.65. The zero-order valence-electron chi connectivity index (χ0n) is 13.8. The van der Waals surface area contributed by atoms with E-state index in [2.05, 4.69) is 4.72 Å². The van der Waals surface area contributed by atoms with Crippen LogP contribution in [-0.2, 0) is 14.8 Å². The Hall–Kier alpha value is -1.89. The third kappa shape index (κ3) is 2.42. The van der Waals surface area contributed by atoms with Crippen molar-refractivity contribution in [3.8, 4) is 0 Å². The number of carbonyl (C=O) groups is 2. The SMILES string of the molecule is CC1(C)[C@H]2CC[C@]1(CS(=O)(=O)Nc1ccccc1C(N)=O)C(=O)C2. The average molecular weight is 350 g/mol. The Morgan fingerprint density at radius 3 is 2.54 bits per heavy atom. The van der Waals surface area contributed by atoms with Crippen LogP contribution >= 0.6 is 0 Å². The molecule has 0 spiro atoms. The van der Waals surface area contributed by atoms with Gasteiger partial charge in [-0.25, -0.2) is 8.42 Å².